The van der Waals surface area contributed by atoms with Crippen molar-refractivity contribution in [3.05, 3.63) is 29.6 Å². The minimum absolute atomic E-state index is 0.145. The summed E-state index contributed by atoms with van der Waals surface area (Å²) in [6, 6.07) is 5.51. The fourth-order valence-corrected chi connectivity index (χ4v) is 1.13. The van der Waals surface area contributed by atoms with Gasteiger partial charge in [0.2, 0.25) is 0 Å². The largest absolute Gasteiger partial charge is 0.382 e. The second-order valence-corrected chi connectivity index (χ2v) is 3.37. The van der Waals surface area contributed by atoms with Crippen molar-refractivity contribution in [2.75, 3.05) is 5.32 Å². The van der Waals surface area contributed by atoms with E-state index in [9.17, 15) is 4.39 Å². The highest BCUT2D eigenvalue weighted by Gasteiger charge is 2.04. The zero-order valence-corrected chi connectivity index (χ0v) is 8.39. The summed E-state index contributed by atoms with van der Waals surface area (Å²) in [4.78, 5) is 0. The summed E-state index contributed by atoms with van der Waals surface area (Å²) in [6.45, 7) is 5.98. The number of benzene rings is 1. The van der Waals surface area contributed by atoms with E-state index in [0.29, 0.717) is 11.6 Å². The molecule has 0 aromatic heterocycles. The third-order valence-electron chi connectivity index (χ3n) is 2.28. The maximum atomic E-state index is 13.1. The van der Waals surface area contributed by atoms with E-state index < -0.39 is 0 Å². The van der Waals surface area contributed by atoms with Crippen LogP contribution < -0.4 is 5.32 Å². The highest BCUT2D eigenvalue weighted by atomic mass is 19.1. The third kappa shape index (κ3) is 2.44. The molecule has 1 unspecified atom stereocenters. The predicted molar refractivity (Wildman–Crippen MR) is 54.5 cm³/mol. The average Bonchev–Trinajstić information content (AvgIpc) is 2.13. The molecule has 0 aliphatic heterocycles. The lowest BCUT2D eigenvalue weighted by atomic mass is 10.1. The fraction of sp³-hybridized carbons (Fsp3) is 0.455. The van der Waals surface area contributed by atoms with Gasteiger partial charge in [-0.3, -0.25) is 0 Å². The molecule has 1 N–H and O–H groups in total. The van der Waals surface area contributed by atoms with Crippen LogP contribution in [-0.2, 0) is 0 Å². The van der Waals surface area contributed by atoms with Crippen molar-refractivity contribution in [1.82, 2.24) is 0 Å². The highest BCUT2D eigenvalue weighted by Crippen LogP contribution is 2.18. The summed E-state index contributed by atoms with van der Waals surface area (Å²) in [7, 11) is 0. The number of hydrogen-bond acceptors (Lipinski definition) is 1. The molecule has 0 bridgehead atoms. The Morgan fingerprint density at radius 3 is 2.77 bits per heavy atom. The monoisotopic (exact) mass is 181 g/mol. The van der Waals surface area contributed by atoms with Gasteiger partial charge in [-0.1, -0.05) is 13.0 Å². The minimum atomic E-state index is -0.145. The van der Waals surface area contributed by atoms with Crippen molar-refractivity contribution in [3.8, 4) is 0 Å². The van der Waals surface area contributed by atoms with Crippen LogP contribution in [0, 0.1) is 12.7 Å². The molecule has 1 rings (SSSR count). The summed E-state index contributed by atoms with van der Waals surface area (Å²) in [5, 5.41) is 3.26. The predicted octanol–water partition coefficient (Wildman–Crippen LogP) is 3.34. The van der Waals surface area contributed by atoms with Crippen LogP contribution in [0.1, 0.15) is 25.8 Å². The van der Waals surface area contributed by atoms with Crippen LogP contribution in [0.25, 0.3) is 0 Å². The molecule has 2 heteroatoms. The van der Waals surface area contributed by atoms with Gasteiger partial charge in [0, 0.05) is 17.3 Å². The molecule has 0 aliphatic carbocycles. The van der Waals surface area contributed by atoms with Gasteiger partial charge in [0.05, 0.1) is 0 Å². The standard InChI is InChI=1S/C11H16FN/c1-4-8(2)13-11-7-5-6-10(12)9(11)3/h5-8,13H,4H2,1-3H3. The van der Waals surface area contributed by atoms with Crippen molar-refractivity contribution in [1.29, 1.82) is 0 Å². The lowest BCUT2D eigenvalue weighted by molar-refractivity contribution is 0.618. The van der Waals surface area contributed by atoms with E-state index in [1.54, 1.807) is 13.0 Å². The smallest absolute Gasteiger partial charge is 0.128 e. The first kappa shape index (κ1) is 10.0. The van der Waals surface area contributed by atoms with Crippen LogP contribution in [-0.4, -0.2) is 6.04 Å². The van der Waals surface area contributed by atoms with Gasteiger partial charge in [-0.15, -0.1) is 0 Å². The maximum Gasteiger partial charge on any atom is 0.128 e. The normalized spacial score (nSPS) is 12.6. The van der Waals surface area contributed by atoms with E-state index in [4.69, 9.17) is 0 Å². The van der Waals surface area contributed by atoms with E-state index in [1.165, 1.54) is 6.07 Å². The van der Waals surface area contributed by atoms with Gasteiger partial charge in [0.1, 0.15) is 5.82 Å². The second kappa shape index (κ2) is 4.26. The van der Waals surface area contributed by atoms with Gasteiger partial charge >= 0.3 is 0 Å². The number of anilines is 1. The highest BCUT2D eigenvalue weighted by molar-refractivity contribution is 5.51. The molecule has 0 saturated carbocycles. The lowest BCUT2D eigenvalue weighted by Crippen LogP contribution is -2.14. The molecular formula is C11H16FN. The summed E-state index contributed by atoms with van der Waals surface area (Å²) in [5.74, 6) is -0.145. The molecule has 0 saturated heterocycles. The van der Waals surface area contributed by atoms with Crippen LogP contribution in [0.5, 0.6) is 0 Å². The molecule has 0 radical (unpaired) electrons. The SMILES string of the molecule is CCC(C)Nc1cccc(F)c1C. The second-order valence-electron chi connectivity index (χ2n) is 3.37. The van der Waals surface area contributed by atoms with Crippen LogP contribution in [0.15, 0.2) is 18.2 Å². The quantitative estimate of drug-likeness (QED) is 0.754. The van der Waals surface area contributed by atoms with Crippen LogP contribution in [0.4, 0.5) is 10.1 Å². The van der Waals surface area contributed by atoms with Crippen molar-refractivity contribution in [2.45, 2.75) is 33.2 Å². The molecule has 0 heterocycles. The summed E-state index contributed by atoms with van der Waals surface area (Å²) < 4.78 is 13.1. The minimum Gasteiger partial charge on any atom is -0.382 e. The Labute approximate surface area is 79.0 Å². The number of hydrogen-bond donors (Lipinski definition) is 1. The van der Waals surface area contributed by atoms with Gasteiger partial charge in [-0.2, -0.15) is 0 Å². The maximum absolute atomic E-state index is 13.1. The Balaban J connectivity index is 2.83. The van der Waals surface area contributed by atoms with Crippen LogP contribution in [0.3, 0.4) is 0 Å². The van der Waals surface area contributed by atoms with Crippen LogP contribution in [0.2, 0.25) is 0 Å². The first-order chi connectivity index (χ1) is 6.15. The molecule has 0 fully saturated rings. The Morgan fingerprint density at radius 2 is 2.15 bits per heavy atom. The average molecular weight is 181 g/mol. The molecule has 13 heavy (non-hydrogen) atoms. The lowest BCUT2D eigenvalue weighted by Gasteiger charge is -2.15. The van der Waals surface area contributed by atoms with Gasteiger partial charge in [-0.25, -0.2) is 4.39 Å². The first-order valence-electron chi connectivity index (χ1n) is 4.66. The van der Waals surface area contributed by atoms with Gasteiger partial charge < -0.3 is 5.32 Å². The van der Waals surface area contributed by atoms with Gasteiger partial charge in [0.25, 0.3) is 0 Å². The molecule has 0 amide bonds. The zero-order chi connectivity index (χ0) is 9.84. The zero-order valence-electron chi connectivity index (χ0n) is 8.39. The third-order valence-corrected chi connectivity index (χ3v) is 2.28. The summed E-state index contributed by atoms with van der Waals surface area (Å²) >= 11 is 0. The Hall–Kier alpha value is -1.05. The number of halogens is 1. The summed E-state index contributed by atoms with van der Waals surface area (Å²) in [6.07, 6.45) is 1.04. The molecule has 1 nitrogen and oxygen atoms in total. The fourth-order valence-electron chi connectivity index (χ4n) is 1.13. The number of nitrogens with one attached hydrogen (secondary N) is 1. The molecule has 72 valence electrons. The van der Waals surface area contributed by atoms with Crippen LogP contribution >= 0.6 is 0 Å². The Morgan fingerprint density at radius 1 is 1.46 bits per heavy atom. The van der Waals surface area contributed by atoms with Crippen molar-refractivity contribution in [2.24, 2.45) is 0 Å². The first-order valence-corrected chi connectivity index (χ1v) is 4.66. The topological polar surface area (TPSA) is 12.0 Å². The van der Waals surface area contributed by atoms with E-state index in [-0.39, 0.29) is 5.82 Å². The number of rotatable bonds is 3. The van der Waals surface area contributed by atoms with Crippen molar-refractivity contribution in [3.63, 3.8) is 0 Å². The molecule has 0 spiro atoms. The van der Waals surface area contributed by atoms with E-state index >= 15 is 0 Å². The molecule has 1 aromatic carbocycles. The molecular weight excluding hydrogens is 165 g/mol. The van der Waals surface area contributed by atoms with Gasteiger partial charge in [-0.05, 0) is 32.4 Å². The Bertz CT molecular complexity index is 283. The van der Waals surface area contributed by atoms with Gasteiger partial charge in [0.15, 0.2) is 0 Å². The molecule has 1 atom stereocenters. The van der Waals surface area contributed by atoms with Crippen molar-refractivity contribution >= 4 is 5.69 Å². The van der Waals surface area contributed by atoms with E-state index in [2.05, 4.69) is 19.2 Å². The van der Waals surface area contributed by atoms with Crippen molar-refractivity contribution < 1.29 is 4.39 Å². The molecule has 0 aliphatic rings. The van der Waals surface area contributed by atoms with E-state index in [1.807, 2.05) is 6.07 Å². The van der Waals surface area contributed by atoms with E-state index in [0.717, 1.165) is 12.1 Å². The molecule has 1 aromatic rings. The Kier molecular flexibility index (Phi) is 3.29. The summed E-state index contributed by atoms with van der Waals surface area (Å²) in [5.41, 5.74) is 1.59.